The minimum atomic E-state index is -2.93. The van der Waals surface area contributed by atoms with Gasteiger partial charge in [-0.05, 0) is 0 Å². The molecule has 0 atom stereocenters. The van der Waals surface area contributed by atoms with Crippen LogP contribution >= 0.6 is 0 Å². The Hall–Kier alpha value is -1.26. The molecule has 1 heterocycles. The summed E-state index contributed by atoms with van der Waals surface area (Å²) >= 11 is 0. The van der Waals surface area contributed by atoms with Crippen LogP contribution in [0.2, 0.25) is 0 Å². The Balaban J connectivity index is 0. The van der Waals surface area contributed by atoms with Gasteiger partial charge >= 0.3 is 0 Å². The molecule has 1 N–H and O–H groups in total. The minimum absolute atomic E-state index is 0.325. The molecule has 94 valence electrons. The smallest absolute Gasteiger partial charge is 0.288 e. The molecule has 16 heavy (non-hydrogen) atoms. The Morgan fingerprint density at radius 1 is 1.12 bits per heavy atom. The van der Waals surface area contributed by atoms with Crippen LogP contribution in [0.15, 0.2) is 12.4 Å². The van der Waals surface area contributed by atoms with Crippen LogP contribution in [0.25, 0.3) is 0 Å². The molecule has 0 amide bonds. The first-order valence-electron chi connectivity index (χ1n) is 5.42. The van der Waals surface area contributed by atoms with E-state index in [-0.39, 0.29) is 5.69 Å². The molecule has 1 aromatic heterocycles. The van der Waals surface area contributed by atoms with Gasteiger partial charge in [0.2, 0.25) is 0 Å². The summed E-state index contributed by atoms with van der Waals surface area (Å²) in [5.74, 6) is -2.59. The van der Waals surface area contributed by atoms with Crippen LogP contribution in [-0.2, 0) is 5.92 Å². The lowest BCUT2D eigenvalue weighted by Crippen LogP contribution is -2.11. The monoisotopic (exact) mass is 233 g/mol. The van der Waals surface area contributed by atoms with E-state index in [0.717, 1.165) is 13.1 Å². The van der Waals surface area contributed by atoms with Gasteiger partial charge in [-0.1, -0.05) is 27.7 Å². The van der Waals surface area contributed by atoms with Gasteiger partial charge in [0.25, 0.3) is 5.92 Å². The number of halogens is 2. The molecule has 5 heteroatoms. The summed E-state index contributed by atoms with van der Waals surface area (Å²) in [6.07, 6.45) is 2.44. The van der Waals surface area contributed by atoms with Crippen molar-refractivity contribution in [2.45, 2.75) is 40.5 Å². The Morgan fingerprint density at radius 2 is 1.62 bits per heavy atom. The average Bonchev–Trinajstić information content (AvgIpc) is 2.33. The van der Waals surface area contributed by atoms with Gasteiger partial charge in [0.15, 0.2) is 0 Å². The second-order valence-electron chi connectivity index (χ2n) is 2.43. The van der Waals surface area contributed by atoms with E-state index in [4.69, 9.17) is 0 Å². The number of rotatable bonds is 2. The second-order valence-corrected chi connectivity index (χ2v) is 2.43. The highest BCUT2D eigenvalue weighted by Gasteiger charge is 2.26. The molecule has 0 fully saturated rings. The maximum Gasteiger partial charge on any atom is 0.288 e. The summed E-state index contributed by atoms with van der Waals surface area (Å²) in [6.45, 7) is 8.79. The van der Waals surface area contributed by atoms with Gasteiger partial charge in [0.05, 0.1) is 12.4 Å². The van der Waals surface area contributed by atoms with Gasteiger partial charge in [-0.3, -0.25) is 4.98 Å². The predicted octanol–water partition coefficient (Wildman–Crippen LogP) is 3.68. The fourth-order valence-corrected chi connectivity index (χ4v) is 0.698. The predicted molar refractivity (Wildman–Crippen MR) is 63.8 cm³/mol. The first kappa shape index (κ1) is 17.1. The van der Waals surface area contributed by atoms with E-state index in [1.54, 1.807) is 7.05 Å². The van der Waals surface area contributed by atoms with E-state index >= 15 is 0 Å². The first-order valence-corrected chi connectivity index (χ1v) is 5.42. The summed E-state index contributed by atoms with van der Waals surface area (Å²) < 4.78 is 25.3. The maximum atomic E-state index is 12.6. The number of hydrogen-bond acceptors (Lipinski definition) is 3. The Labute approximate surface area is 96.3 Å². The fraction of sp³-hybridized carbons (Fsp3) is 0.636. The van der Waals surface area contributed by atoms with Gasteiger partial charge < -0.3 is 5.32 Å². The third kappa shape index (κ3) is 6.27. The van der Waals surface area contributed by atoms with Crippen molar-refractivity contribution in [2.24, 2.45) is 0 Å². The zero-order valence-corrected chi connectivity index (χ0v) is 10.8. The van der Waals surface area contributed by atoms with Crippen LogP contribution in [0.5, 0.6) is 0 Å². The molecule has 0 bridgehead atoms. The largest absolute Gasteiger partial charge is 0.372 e. The molecule has 0 aromatic carbocycles. The van der Waals surface area contributed by atoms with E-state index in [0.29, 0.717) is 5.82 Å². The SMILES string of the molecule is CC.CC.CNc1cncc(C(C)(F)F)n1. The maximum absolute atomic E-state index is 12.6. The van der Waals surface area contributed by atoms with Crippen LogP contribution < -0.4 is 5.32 Å². The van der Waals surface area contributed by atoms with Crippen molar-refractivity contribution in [3.8, 4) is 0 Å². The highest BCUT2D eigenvalue weighted by atomic mass is 19.3. The van der Waals surface area contributed by atoms with Crippen molar-refractivity contribution in [2.75, 3.05) is 12.4 Å². The van der Waals surface area contributed by atoms with Crippen LogP contribution in [0.3, 0.4) is 0 Å². The molecule has 0 saturated carbocycles. The molecular formula is C11H21F2N3. The lowest BCUT2D eigenvalue weighted by Gasteiger charge is -2.09. The lowest BCUT2D eigenvalue weighted by atomic mass is 10.3. The Morgan fingerprint density at radius 3 is 2.00 bits per heavy atom. The van der Waals surface area contributed by atoms with E-state index in [9.17, 15) is 8.78 Å². The summed E-state index contributed by atoms with van der Waals surface area (Å²) in [6, 6.07) is 0. The van der Waals surface area contributed by atoms with Gasteiger partial charge in [-0.25, -0.2) is 4.98 Å². The molecule has 0 unspecified atom stereocenters. The molecule has 3 nitrogen and oxygen atoms in total. The number of hydrogen-bond donors (Lipinski definition) is 1. The molecule has 0 saturated heterocycles. The number of anilines is 1. The van der Waals surface area contributed by atoms with Gasteiger partial charge in [0.1, 0.15) is 11.5 Å². The normalized spacial score (nSPS) is 9.25. The molecule has 0 aliphatic carbocycles. The van der Waals surface area contributed by atoms with Gasteiger partial charge in [-0.15, -0.1) is 0 Å². The van der Waals surface area contributed by atoms with Crippen molar-refractivity contribution in [3.63, 3.8) is 0 Å². The third-order valence-corrected chi connectivity index (χ3v) is 1.34. The van der Waals surface area contributed by atoms with E-state index < -0.39 is 5.92 Å². The van der Waals surface area contributed by atoms with E-state index in [2.05, 4.69) is 15.3 Å². The molecule has 0 aliphatic heterocycles. The van der Waals surface area contributed by atoms with Crippen molar-refractivity contribution >= 4 is 5.82 Å². The standard InChI is InChI=1S/C7H9F2N3.2C2H6/c1-7(8,9)5-3-11-4-6(10-2)12-5;2*1-2/h3-4H,1-2H3,(H,10,12);2*1-2H3. The number of nitrogens with one attached hydrogen (secondary N) is 1. The lowest BCUT2D eigenvalue weighted by molar-refractivity contribution is 0.0125. The number of aromatic nitrogens is 2. The molecule has 0 aliphatic rings. The van der Waals surface area contributed by atoms with Crippen LogP contribution in [0.1, 0.15) is 40.3 Å². The third-order valence-electron chi connectivity index (χ3n) is 1.34. The second kappa shape index (κ2) is 9.00. The molecule has 0 radical (unpaired) electrons. The van der Waals surface area contributed by atoms with Crippen molar-refractivity contribution in [3.05, 3.63) is 18.1 Å². The van der Waals surface area contributed by atoms with Crippen LogP contribution in [0, 0.1) is 0 Å². The Bertz CT molecular complexity index is 272. The molecule has 0 spiro atoms. The average molecular weight is 233 g/mol. The summed E-state index contributed by atoms with van der Waals surface area (Å²) in [7, 11) is 1.60. The number of nitrogens with zero attached hydrogens (tertiary/aromatic N) is 2. The number of alkyl halides is 2. The minimum Gasteiger partial charge on any atom is -0.372 e. The van der Waals surface area contributed by atoms with Crippen molar-refractivity contribution in [1.29, 1.82) is 0 Å². The van der Waals surface area contributed by atoms with E-state index in [1.807, 2.05) is 27.7 Å². The summed E-state index contributed by atoms with van der Waals surface area (Å²) in [5, 5.41) is 2.63. The zero-order chi connectivity index (χ0) is 13.2. The highest BCUT2D eigenvalue weighted by Crippen LogP contribution is 2.24. The highest BCUT2D eigenvalue weighted by molar-refractivity contribution is 5.31. The quantitative estimate of drug-likeness (QED) is 0.846. The topological polar surface area (TPSA) is 37.8 Å². The summed E-state index contributed by atoms with van der Waals surface area (Å²) in [4.78, 5) is 7.26. The molecular weight excluding hydrogens is 212 g/mol. The fourth-order valence-electron chi connectivity index (χ4n) is 0.698. The summed E-state index contributed by atoms with van der Waals surface area (Å²) in [5.41, 5.74) is -0.325. The van der Waals surface area contributed by atoms with Gasteiger partial charge in [-0.2, -0.15) is 8.78 Å². The Kier molecular flexibility index (Phi) is 9.65. The molecule has 1 aromatic rings. The molecule has 1 rings (SSSR count). The van der Waals surface area contributed by atoms with Gasteiger partial charge in [0, 0.05) is 14.0 Å². The first-order chi connectivity index (χ1) is 7.54. The van der Waals surface area contributed by atoms with Crippen LogP contribution in [0.4, 0.5) is 14.6 Å². The van der Waals surface area contributed by atoms with Crippen molar-refractivity contribution < 1.29 is 8.78 Å². The van der Waals surface area contributed by atoms with E-state index in [1.165, 1.54) is 6.20 Å². The van der Waals surface area contributed by atoms with Crippen molar-refractivity contribution in [1.82, 2.24) is 9.97 Å². The van der Waals surface area contributed by atoms with Crippen LogP contribution in [-0.4, -0.2) is 17.0 Å². The zero-order valence-electron chi connectivity index (χ0n) is 10.8.